The van der Waals surface area contributed by atoms with E-state index in [4.69, 9.17) is 22.0 Å². The van der Waals surface area contributed by atoms with Crippen LogP contribution in [0.5, 0.6) is 0 Å². The summed E-state index contributed by atoms with van der Waals surface area (Å²) in [5, 5.41) is 28.6. The number of carboxylic acids is 1. The van der Waals surface area contributed by atoms with Gasteiger partial charge in [-0.05, 0) is 73.9 Å². The number of hydrogen-bond donors (Lipinski definition) is 2. The zero-order valence-electron chi connectivity index (χ0n) is 16.2. The summed E-state index contributed by atoms with van der Waals surface area (Å²) in [7, 11) is 0. The molecule has 2 aromatic rings. The molecule has 1 aromatic carbocycles. The average molecular weight is 430 g/mol. The molecule has 0 unspecified atom stereocenters. The number of nitriles is 1. The third kappa shape index (κ3) is 5.48. The Labute approximate surface area is 180 Å². The van der Waals surface area contributed by atoms with Gasteiger partial charge in [-0.1, -0.05) is 18.2 Å². The Morgan fingerprint density at radius 2 is 2.17 bits per heavy atom. The molecule has 29 heavy (non-hydrogen) atoms. The summed E-state index contributed by atoms with van der Waals surface area (Å²) in [6, 6.07) is 11.4. The van der Waals surface area contributed by atoms with Gasteiger partial charge < -0.3 is 10.2 Å². The normalized spacial score (nSPS) is 24.1. The Morgan fingerprint density at radius 1 is 1.38 bits per heavy atom. The van der Waals surface area contributed by atoms with E-state index in [9.17, 15) is 9.90 Å². The number of nitrogens with zero attached hydrogens (tertiary/aromatic N) is 1. The number of halogens is 1. The van der Waals surface area contributed by atoms with Gasteiger partial charge in [-0.25, -0.2) is 4.79 Å². The number of alkyl halides is 1. The number of hydrogen-bond acceptors (Lipinski definition) is 4. The summed E-state index contributed by atoms with van der Waals surface area (Å²) >= 11 is 7.85. The molecule has 0 saturated heterocycles. The fourth-order valence-corrected chi connectivity index (χ4v) is 5.43. The van der Waals surface area contributed by atoms with Crippen molar-refractivity contribution in [2.24, 2.45) is 11.8 Å². The van der Waals surface area contributed by atoms with Crippen LogP contribution in [0.2, 0.25) is 0 Å². The van der Waals surface area contributed by atoms with Crippen molar-refractivity contribution in [2.45, 2.75) is 44.1 Å². The van der Waals surface area contributed by atoms with Crippen LogP contribution in [0.15, 0.2) is 36.4 Å². The van der Waals surface area contributed by atoms with Crippen LogP contribution in [0.3, 0.4) is 0 Å². The van der Waals surface area contributed by atoms with Crippen molar-refractivity contribution in [1.82, 2.24) is 0 Å². The maximum atomic E-state index is 11.0. The van der Waals surface area contributed by atoms with E-state index in [0.29, 0.717) is 16.9 Å². The Balaban J connectivity index is 1.64. The number of rotatable bonds is 7. The van der Waals surface area contributed by atoms with Crippen LogP contribution in [0.4, 0.5) is 0 Å². The molecule has 1 fully saturated rings. The SMILES string of the molecule is Cc1cc(C#N)cc(/C=C/[C@@H]2[C@@H](CCCc3ccc(C(=O)O)s3)[C@H](Cl)C[C@H]2O)c1. The summed E-state index contributed by atoms with van der Waals surface area (Å²) < 4.78 is 0. The highest BCUT2D eigenvalue weighted by Crippen LogP contribution is 2.40. The van der Waals surface area contributed by atoms with Crippen molar-refractivity contribution < 1.29 is 15.0 Å². The lowest BCUT2D eigenvalue weighted by atomic mass is 9.89. The molecule has 0 aliphatic heterocycles. The molecule has 1 aliphatic rings. The minimum absolute atomic E-state index is 0.0264. The second-order valence-corrected chi connectivity index (χ2v) is 9.36. The first-order chi connectivity index (χ1) is 13.9. The molecule has 0 radical (unpaired) electrons. The summed E-state index contributed by atoms with van der Waals surface area (Å²) in [4.78, 5) is 12.4. The molecule has 0 amide bonds. The second-order valence-electron chi connectivity index (χ2n) is 7.63. The van der Waals surface area contributed by atoms with E-state index in [2.05, 4.69) is 6.07 Å². The Morgan fingerprint density at radius 3 is 2.86 bits per heavy atom. The molecule has 1 aliphatic carbocycles. The van der Waals surface area contributed by atoms with E-state index < -0.39 is 12.1 Å². The predicted molar refractivity (Wildman–Crippen MR) is 116 cm³/mol. The van der Waals surface area contributed by atoms with Gasteiger partial charge >= 0.3 is 5.97 Å². The summed E-state index contributed by atoms with van der Waals surface area (Å²) in [5.41, 5.74) is 2.60. The van der Waals surface area contributed by atoms with Crippen LogP contribution in [-0.2, 0) is 6.42 Å². The van der Waals surface area contributed by atoms with E-state index in [1.165, 1.54) is 11.3 Å². The third-order valence-corrected chi connectivity index (χ3v) is 7.08. The van der Waals surface area contributed by atoms with Gasteiger partial charge in [-0.3, -0.25) is 0 Å². The Kier molecular flexibility index (Phi) is 7.13. The smallest absolute Gasteiger partial charge is 0.345 e. The standard InChI is InChI=1S/C23H24ClNO3S/c1-14-9-15(11-16(10-14)13-25)5-7-19-18(20(24)12-21(19)26)4-2-3-17-6-8-22(29-17)23(27)28/h5-11,18-21,26H,2-4,12H2,1H3,(H,27,28)/b7-5+/t18-,19-,20-,21-/m1/s1. The van der Waals surface area contributed by atoms with Gasteiger partial charge in [-0.15, -0.1) is 22.9 Å². The highest BCUT2D eigenvalue weighted by molar-refractivity contribution is 7.13. The number of benzene rings is 1. The van der Waals surface area contributed by atoms with E-state index >= 15 is 0 Å². The zero-order chi connectivity index (χ0) is 21.0. The van der Waals surface area contributed by atoms with Crippen molar-refractivity contribution in [3.8, 4) is 6.07 Å². The van der Waals surface area contributed by atoms with Crippen molar-refractivity contribution in [1.29, 1.82) is 5.26 Å². The second kappa shape index (κ2) is 9.58. The number of thiophene rings is 1. The average Bonchev–Trinajstić information content (AvgIpc) is 3.25. The quantitative estimate of drug-likeness (QED) is 0.587. The lowest BCUT2D eigenvalue weighted by Crippen LogP contribution is -2.18. The van der Waals surface area contributed by atoms with Gasteiger partial charge in [0.25, 0.3) is 0 Å². The number of aromatic carboxylic acids is 1. The number of aryl methyl sites for hydroxylation is 2. The molecular weight excluding hydrogens is 406 g/mol. The predicted octanol–water partition coefficient (Wildman–Crippen LogP) is 5.27. The number of carboxylic acid groups (broad SMARTS) is 1. The highest BCUT2D eigenvalue weighted by atomic mass is 35.5. The topological polar surface area (TPSA) is 81.3 Å². The molecule has 3 rings (SSSR count). The maximum Gasteiger partial charge on any atom is 0.345 e. The molecule has 2 N–H and O–H groups in total. The van der Waals surface area contributed by atoms with Crippen molar-refractivity contribution >= 4 is 35.0 Å². The summed E-state index contributed by atoms with van der Waals surface area (Å²) in [6.07, 6.45) is 6.68. The minimum atomic E-state index is -0.887. The van der Waals surface area contributed by atoms with Crippen LogP contribution in [0.25, 0.3) is 6.08 Å². The molecule has 0 bridgehead atoms. The van der Waals surface area contributed by atoms with Gasteiger partial charge in [0.1, 0.15) is 4.88 Å². The van der Waals surface area contributed by atoms with Crippen molar-refractivity contribution in [3.63, 3.8) is 0 Å². The van der Waals surface area contributed by atoms with Crippen LogP contribution in [0, 0.1) is 30.1 Å². The number of aliphatic hydroxyl groups is 1. The van der Waals surface area contributed by atoms with Gasteiger partial charge in [0, 0.05) is 16.2 Å². The minimum Gasteiger partial charge on any atom is -0.477 e. The van der Waals surface area contributed by atoms with Crippen LogP contribution in [-0.4, -0.2) is 27.7 Å². The maximum absolute atomic E-state index is 11.0. The Hall–Kier alpha value is -2.13. The van der Waals surface area contributed by atoms with Gasteiger partial charge in [-0.2, -0.15) is 5.26 Å². The van der Waals surface area contributed by atoms with Crippen LogP contribution in [0.1, 0.15) is 50.5 Å². The fraction of sp³-hybridized carbons (Fsp3) is 0.391. The molecule has 0 spiro atoms. The van der Waals surface area contributed by atoms with Crippen molar-refractivity contribution in [3.05, 3.63) is 62.9 Å². The zero-order valence-corrected chi connectivity index (χ0v) is 17.8. The fourth-order valence-electron chi connectivity index (χ4n) is 4.07. The van der Waals surface area contributed by atoms with E-state index in [1.807, 2.05) is 43.3 Å². The van der Waals surface area contributed by atoms with Gasteiger partial charge in [0.15, 0.2) is 0 Å². The molecule has 1 saturated carbocycles. The lowest BCUT2D eigenvalue weighted by Gasteiger charge is -2.20. The molecule has 4 atom stereocenters. The third-order valence-electron chi connectivity index (χ3n) is 5.44. The van der Waals surface area contributed by atoms with Crippen molar-refractivity contribution in [2.75, 3.05) is 0 Å². The van der Waals surface area contributed by atoms with E-state index in [0.717, 1.165) is 35.3 Å². The number of carbonyl (C=O) groups is 1. The Bertz CT molecular complexity index is 946. The summed E-state index contributed by atoms with van der Waals surface area (Å²) in [5.74, 6) is -0.745. The molecule has 1 heterocycles. The van der Waals surface area contributed by atoms with Gasteiger partial charge in [0.05, 0.1) is 17.7 Å². The molecule has 152 valence electrons. The van der Waals surface area contributed by atoms with E-state index in [1.54, 1.807) is 6.07 Å². The highest BCUT2D eigenvalue weighted by Gasteiger charge is 2.39. The first kappa shape index (κ1) is 21.6. The molecule has 6 heteroatoms. The molecular formula is C23H24ClNO3S. The summed E-state index contributed by atoms with van der Waals surface area (Å²) in [6.45, 7) is 1.96. The monoisotopic (exact) mass is 429 g/mol. The largest absolute Gasteiger partial charge is 0.477 e. The molecule has 4 nitrogen and oxygen atoms in total. The first-order valence-corrected chi connectivity index (χ1v) is 11.0. The van der Waals surface area contributed by atoms with E-state index in [-0.39, 0.29) is 17.2 Å². The van der Waals surface area contributed by atoms with Crippen LogP contribution >= 0.6 is 22.9 Å². The van der Waals surface area contributed by atoms with Gasteiger partial charge in [0.2, 0.25) is 0 Å². The first-order valence-electron chi connectivity index (χ1n) is 9.71. The molecule has 1 aromatic heterocycles. The van der Waals surface area contributed by atoms with Crippen LogP contribution < -0.4 is 0 Å². The number of aliphatic hydroxyl groups excluding tert-OH is 1. The lowest BCUT2D eigenvalue weighted by molar-refractivity contribution is 0.0702.